The first-order valence-corrected chi connectivity index (χ1v) is 6.09. The lowest BCUT2D eigenvalue weighted by molar-refractivity contribution is -0.451. The van der Waals surface area contributed by atoms with Gasteiger partial charge in [-0.1, -0.05) is 0 Å². The molecule has 0 fully saturated rings. The summed E-state index contributed by atoms with van der Waals surface area (Å²) in [4.78, 5) is 10.4. The Labute approximate surface area is 143 Å². The van der Waals surface area contributed by atoms with Crippen molar-refractivity contribution in [1.29, 1.82) is 0 Å². The third kappa shape index (κ3) is 3.35. The molecule has 0 aromatic rings. The van der Waals surface area contributed by atoms with E-state index in [0.29, 0.717) is 0 Å². The fourth-order valence-corrected chi connectivity index (χ4v) is 1.41. The molecule has 0 aliphatic rings. The number of allylic oxidation sites excluding steroid dienone is 2. The van der Waals surface area contributed by atoms with Crippen molar-refractivity contribution in [2.24, 2.45) is 0 Å². The number of halogens is 15. The Bertz CT molecular complexity index is 643. The van der Waals surface area contributed by atoms with Crippen LogP contribution in [0.5, 0.6) is 0 Å². The Balaban J connectivity index is 6.67. The van der Waals surface area contributed by atoms with Crippen molar-refractivity contribution >= 4 is 5.78 Å². The Morgan fingerprint density at radius 1 is 0.607 bits per heavy atom. The maximum absolute atomic E-state index is 13.2. The predicted octanol–water partition coefficient (Wildman–Crippen LogP) is 5.39. The van der Waals surface area contributed by atoms with Gasteiger partial charge < -0.3 is 5.11 Å². The largest absolute Gasteiger partial charge is 0.506 e. The van der Waals surface area contributed by atoms with Crippen LogP contribution in [-0.2, 0) is 4.79 Å². The van der Waals surface area contributed by atoms with Crippen molar-refractivity contribution in [3.63, 3.8) is 0 Å². The molecule has 0 aliphatic carbocycles. The summed E-state index contributed by atoms with van der Waals surface area (Å²) in [6, 6.07) is 0. The summed E-state index contributed by atoms with van der Waals surface area (Å²) in [7, 11) is 0. The van der Waals surface area contributed by atoms with E-state index in [2.05, 4.69) is 0 Å². The second-order valence-electron chi connectivity index (χ2n) is 5.08. The maximum atomic E-state index is 13.2. The molecule has 2 nitrogen and oxygen atoms in total. The summed E-state index contributed by atoms with van der Waals surface area (Å²) in [5.74, 6) is -53.2. The molecule has 0 saturated carbocycles. The molecule has 1 N–H and O–H groups in total. The van der Waals surface area contributed by atoms with Crippen LogP contribution in [0, 0.1) is 0 Å². The summed E-state index contributed by atoms with van der Waals surface area (Å²) in [6.07, 6.45) is -8.63. The number of alkyl halides is 15. The van der Waals surface area contributed by atoms with E-state index in [1.54, 1.807) is 0 Å². The number of aliphatic hydroxyl groups is 1. The molecule has 17 heteroatoms. The van der Waals surface area contributed by atoms with E-state index in [0.717, 1.165) is 0 Å². The summed E-state index contributed by atoms with van der Waals surface area (Å²) in [5.41, 5.74) is 0. The minimum absolute atomic E-state index is 0.231. The number of rotatable bonds is 7. The maximum Gasteiger partial charge on any atom is 0.460 e. The highest BCUT2D eigenvalue weighted by molar-refractivity contribution is 5.87. The van der Waals surface area contributed by atoms with Crippen LogP contribution in [0.15, 0.2) is 11.8 Å². The molecule has 0 radical (unpaired) electrons. The zero-order valence-corrected chi connectivity index (χ0v) is 12.6. The Morgan fingerprint density at radius 3 is 1.18 bits per heavy atom. The van der Waals surface area contributed by atoms with E-state index in [4.69, 9.17) is 5.11 Å². The second-order valence-corrected chi connectivity index (χ2v) is 5.08. The fraction of sp³-hybridized carbons (Fsp3) is 0.727. The van der Waals surface area contributed by atoms with Gasteiger partial charge in [-0.3, -0.25) is 4.79 Å². The molecule has 28 heavy (non-hydrogen) atoms. The van der Waals surface area contributed by atoms with Crippen LogP contribution >= 0.6 is 0 Å². The first kappa shape index (κ1) is 26.2. The molecule has 0 spiro atoms. The molecule has 0 unspecified atom stereocenters. The SMILES string of the molecule is CC(=O)/C=C(\O)C(F)(F)C(F)(F)C(F)(F)C(F)(F)C(F)(F)C(F)(F)C(F)(F)F. The van der Waals surface area contributed by atoms with Crippen molar-refractivity contribution in [1.82, 2.24) is 0 Å². The van der Waals surface area contributed by atoms with Gasteiger partial charge in [0.2, 0.25) is 0 Å². The standard InChI is InChI=1S/C11H5F15O2/c1-3(27)2-4(28)5(12,13)6(14,15)7(16,17)8(18,19)9(20,21)10(22,23)11(24,25)26/h2,28H,1H3/b4-2-. The number of aliphatic hydroxyl groups excluding tert-OH is 1. The highest BCUT2D eigenvalue weighted by Crippen LogP contribution is 2.62. The van der Waals surface area contributed by atoms with Crippen LogP contribution in [0.25, 0.3) is 0 Å². The topological polar surface area (TPSA) is 37.3 Å². The van der Waals surface area contributed by atoms with E-state index >= 15 is 0 Å². The van der Waals surface area contributed by atoms with E-state index in [1.165, 1.54) is 0 Å². The normalized spacial score (nSPS) is 16.4. The average Bonchev–Trinajstić information content (AvgIpc) is 2.43. The summed E-state index contributed by atoms with van der Waals surface area (Å²) in [6.45, 7) is 0.231. The van der Waals surface area contributed by atoms with Crippen molar-refractivity contribution < 1.29 is 75.8 Å². The second kappa shape index (κ2) is 6.60. The van der Waals surface area contributed by atoms with Crippen molar-refractivity contribution in [3.8, 4) is 0 Å². The van der Waals surface area contributed by atoms with Gasteiger partial charge in [0.1, 0.15) is 0 Å². The van der Waals surface area contributed by atoms with Gasteiger partial charge in [0.15, 0.2) is 11.5 Å². The highest BCUT2D eigenvalue weighted by Gasteiger charge is 2.93. The monoisotopic (exact) mass is 454 g/mol. The molecule has 0 aliphatic heterocycles. The molecule has 166 valence electrons. The molecule has 0 bridgehead atoms. The Morgan fingerprint density at radius 2 is 0.893 bits per heavy atom. The summed E-state index contributed by atoms with van der Waals surface area (Å²) < 4.78 is 192. The van der Waals surface area contributed by atoms with Gasteiger partial charge in [-0.15, -0.1) is 0 Å². The smallest absolute Gasteiger partial charge is 0.460 e. The van der Waals surface area contributed by atoms with Crippen LogP contribution in [0.2, 0.25) is 0 Å². The Hall–Kier alpha value is -1.84. The van der Waals surface area contributed by atoms with Crippen molar-refractivity contribution in [3.05, 3.63) is 11.8 Å². The molecule has 0 rings (SSSR count). The van der Waals surface area contributed by atoms with Gasteiger partial charge in [0, 0.05) is 6.08 Å². The third-order valence-electron chi connectivity index (χ3n) is 2.99. The molecule has 0 aromatic carbocycles. The van der Waals surface area contributed by atoms with Crippen molar-refractivity contribution in [2.45, 2.75) is 48.6 Å². The fourth-order valence-electron chi connectivity index (χ4n) is 1.41. The molecule has 0 saturated heterocycles. The third-order valence-corrected chi connectivity index (χ3v) is 2.99. The van der Waals surface area contributed by atoms with Gasteiger partial charge in [0.25, 0.3) is 0 Å². The van der Waals surface area contributed by atoms with Gasteiger partial charge >= 0.3 is 41.7 Å². The minimum atomic E-state index is -8.44. The molecular formula is C11H5F15O2. The van der Waals surface area contributed by atoms with E-state index in [-0.39, 0.29) is 6.92 Å². The van der Waals surface area contributed by atoms with Gasteiger partial charge in [-0.25, -0.2) is 0 Å². The van der Waals surface area contributed by atoms with Crippen LogP contribution in [-0.4, -0.2) is 52.6 Å². The number of hydrogen-bond donors (Lipinski definition) is 1. The van der Waals surface area contributed by atoms with Crippen LogP contribution in [0.3, 0.4) is 0 Å². The van der Waals surface area contributed by atoms with E-state index < -0.39 is 59.3 Å². The van der Waals surface area contributed by atoms with Crippen molar-refractivity contribution in [2.75, 3.05) is 0 Å². The number of ketones is 1. The lowest BCUT2D eigenvalue weighted by Gasteiger charge is -2.41. The molecular weight excluding hydrogens is 449 g/mol. The minimum Gasteiger partial charge on any atom is -0.506 e. The number of carbonyl (C=O) groups excluding carboxylic acids is 1. The molecule has 0 amide bonds. The lowest BCUT2D eigenvalue weighted by Crippen LogP contribution is -2.72. The average molecular weight is 454 g/mol. The summed E-state index contributed by atoms with van der Waals surface area (Å²) >= 11 is 0. The van der Waals surface area contributed by atoms with Crippen LogP contribution in [0.4, 0.5) is 65.9 Å². The molecule has 0 atom stereocenters. The highest BCUT2D eigenvalue weighted by atomic mass is 19.4. The number of carbonyl (C=O) groups is 1. The molecule has 0 heterocycles. The van der Waals surface area contributed by atoms with Gasteiger partial charge in [-0.05, 0) is 6.92 Å². The van der Waals surface area contributed by atoms with E-state index in [9.17, 15) is 70.7 Å². The first-order valence-electron chi connectivity index (χ1n) is 6.09. The zero-order chi connectivity index (χ0) is 23.4. The Kier molecular flexibility index (Phi) is 6.17. The van der Waals surface area contributed by atoms with Gasteiger partial charge in [0.05, 0.1) is 0 Å². The first-order chi connectivity index (χ1) is 11.8. The van der Waals surface area contributed by atoms with E-state index in [1.807, 2.05) is 0 Å². The number of hydrogen-bond acceptors (Lipinski definition) is 2. The molecule has 0 aromatic heterocycles. The zero-order valence-electron chi connectivity index (χ0n) is 12.6. The van der Waals surface area contributed by atoms with Gasteiger partial charge in [-0.2, -0.15) is 65.9 Å². The quantitative estimate of drug-likeness (QED) is 0.318. The lowest BCUT2D eigenvalue weighted by atomic mass is 9.90. The van der Waals surface area contributed by atoms with Crippen LogP contribution in [0.1, 0.15) is 6.92 Å². The van der Waals surface area contributed by atoms with Crippen LogP contribution < -0.4 is 0 Å². The summed E-state index contributed by atoms with van der Waals surface area (Å²) in [5, 5.41) is 8.52. The predicted molar refractivity (Wildman–Crippen MR) is 57.1 cm³/mol.